The lowest BCUT2D eigenvalue weighted by atomic mass is 9.98. The Bertz CT molecular complexity index is 1320. The zero-order valence-electron chi connectivity index (χ0n) is 19.0. The first kappa shape index (κ1) is 24.9. The molecule has 2 aliphatic rings. The molecular weight excluding hydrogens is 524 g/mol. The van der Waals surface area contributed by atoms with Gasteiger partial charge in [0.1, 0.15) is 5.00 Å². The van der Waals surface area contributed by atoms with Gasteiger partial charge < -0.3 is 19.3 Å². The number of aliphatic carboxylic acids is 1. The first-order chi connectivity index (χ1) is 17.3. The molecule has 188 valence electrons. The van der Waals surface area contributed by atoms with Crippen LogP contribution in [0.4, 0.5) is 5.00 Å². The van der Waals surface area contributed by atoms with Crippen molar-refractivity contribution >= 4 is 51.1 Å². The Balaban J connectivity index is 1.50. The lowest BCUT2D eigenvalue weighted by Crippen LogP contribution is -2.46. The summed E-state index contributed by atoms with van der Waals surface area (Å²) in [6, 6.07) is 17.3. The predicted molar refractivity (Wildman–Crippen MR) is 137 cm³/mol. The molecule has 0 bridgehead atoms. The van der Waals surface area contributed by atoms with Crippen LogP contribution in [-0.4, -0.2) is 62.5 Å². The quantitative estimate of drug-likeness (QED) is 0.447. The third-order valence-electron chi connectivity index (χ3n) is 6.60. The summed E-state index contributed by atoms with van der Waals surface area (Å²) >= 11 is 4.29. The van der Waals surface area contributed by atoms with E-state index in [4.69, 9.17) is 16.3 Å². The van der Waals surface area contributed by atoms with E-state index in [-0.39, 0.29) is 17.3 Å². The summed E-state index contributed by atoms with van der Waals surface area (Å²) < 4.78 is 31.3. The molecule has 5 rings (SSSR count). The summed E-state index contributed by atoms with van der Waals surface area (Å²) in [4.78, 5) is 28.4. The number of morpholine rings is 1. The Labute approximate surface area is 219 Å². The summed E-state index contributed by atoms with van der Waals surface area (Å²) in [5.74, 6) is -2.15. The maximum absolute atomic E-state index is 13.3. The van der Waals surface area contributed by atoms with Gasteiger partial charge in [-0.15, -0.1) is 11.3 Å². The van der Waals surface area contributed by atoms with E-state index in [0.29, 0.717) is 42.5 Å². The number of anilines is 1. The van der Waals surface area contributed by atoms with Crippen molar-refractivity contribution < 1.29 is 28.2 Å². The van der Waals surface area contributed by atoms with E-state index in [2.05, 4.69) is 0 Å². The minimum Gasteiger partial charge on any atom is -0.755 e. The molecule has 1 amide bonds. The summed E-state index contributed by atoms with van der Waals surface area (Å²) in [5.41, 5.74) is 0.0276. The Morgan fingerprint density at radius 3 is 2.47 bits per heavy atom. The lowest BCUT2D eigenvalue weighted by Gasteiger charge is -2.32. The number of carboxylic acid groups (broad SMARTS) is 1. The van der Waals surface area contributed by atoms with Crippen molar-refractivity contribution in [2.75, 3.05) is 30.6 Å². The molecule has 1 aliphatic heterocycles. The van der Waals surface area contributed by atoms with Gasteiger partial charge >= 0.3 is 5.97 Å². The highest BCUT2D eigenvalue weighted by molar-refractivity contribution is 7.81. The number of amides is 1. The van der Waals surface area contributed by atoms with Crippen LogP contribution in [0.15, 0.2) is 60.7 Å². The number of carbonyl (C=O) groups is 2. The van der Waals surface area contributed by atoms with Crippen LogP contribution in [0.25, 0.3) is 10.4 Å². The van der Waals surface area contributed by atoms with Gasteiger partial charge in [-0.2, -0.15) is 0 Å². The number of thiophene rings is 1. The number of nitrogens with zero attached hydrogens (tertiary/aromatic N) is 2. The van der Waals surface area contributed by atoms with Crippen molar-refractivity contribution in [1.82, 2.24) is 4.90 Å². The van der Waals surface area contributed by atoms with E-state index >= 15 is 0 Å². The van der Waals surface area contributed by atoms with Gasteiger partial charge in [0.15, 0.2) is 5.54 Å². The van der Waals surface area contributed by atoms with E-state index in [1.165, 1.54) is 11.3 Å². The Morgan fingerprint density at radius 1 is 1.11 bits per heavy atom. The molecule has 1 saturated heterocycles. The summed E-state index contributed by atoms with van der Waals surface area (Å²) in [5, 5.41) is 11.2. The smallest absolute Gasteiger partial charge is 0.331 e. The Morgan fingerprint density at radius 2 is 1.81 bits per heavy atom. The molecule has 3 atom stereocenters. The Hall–Kier alpha value is -2.76. The number of carbonyl (C=O) groups excluding carboxylic acids is 1. The summed E-state index contributed by atoms with van der Waals surface area (Å²) in [6.45, 7) is 1.77. The second kappa shape index (κ2) is 9.95. The fourth-order valence-corrected chi connectivity index (χ4v) is 6.88. The molecule has 8 nitrogen and oxygen atoms in total. The largest absolute Gasteiger partial charge is 0.755 e. The van der Waals surface area contributed by atoms with Crippen LogP contribution in [0.5, 0.6) is 0 Å². The van der Waals surface area contributed by atoms with Crippen LogP contribution in [-0.2, 0) is 20.8 Å². The van der Waals surface area contributed by atoms with E-state index in [9.17, 15) is 23.5 Å². The van der Waals surface area contributed by atoms with Crippen molar-refractivity contribution in [3.05, 3.63) is 76.8 Å². The van der Waals surface area contributed by atoms with E-state index in [1.54, 1.807) is 53.4 Å². The number of rotatable bonds is 7. The molecule has 3 aromatic rings. The summed E-state index contributed by atoms with van der Waals surface area (Å²) in [6.07, 6.45) is 0.0535. The molecule has 1 N–H and O–H groups in total. The van der Waals surface area contributed by atoms with Crippen LogP contribution in [0.2, 0.25) is 5.02 Å². The van der Waals surface area contributed by atoms with Crippen molar-refractivity contribution in [3.8, 4) is 10.4 Å². The van der Waals surface area contributed by atoms with Crippen molar-refractivity contribution in [1.29, 1.82) is 0 Å². The molecule has 0 radical (unpaired) electrons. The van der Waals surface area contributed by atoms with Crippen LogP contribution >= 0.6 is 22.9 Å². The molecule has 2 fully saturated rings. The zero-order chi connectivity index (χ0) is 25.4. The molecule has 1 saturated carbocycles. The lowest BCUT2D eigenvalue weighted by molar-refractivity contribution is -0.139. The van der Waals surface area contributed by atoms with Gasteiger partial charge in [-0.05, 0) is 47.9 Å². The van der Waals surface area contributed by atoms with Gasteiger partial charge in [0.05, 0.1) is 13.2 Å². The topological polar surface area (TPSA) is 110 Å². The second-order valence-corrected chi connectivity index (χ2v) is 10.9. The number of ether oxygens (including phenoxy) is 1. The van der Waals surface area contributed by atoms with Gasteiger partial charge in [0.2, 0.25) is 0 Å². The average Bonchev–Trinajstić information content (AvgIpc) is 3.44. The normalized spacial score (nSPS) is 22.2. The highest BCUT2D eigenvalue weighted by Gasteiger charge is 2.67. The predicted octanol–water partition coefficient (Wildman–Crippen LogP) is 4.15. The molecule has 36 heavy (non-hydrogen) atoms. The number of hydrogen-bond acceptors (Lipinski definition) is 6. The van der Waals surface area contributed by atoms with Crippen LogP contribution in [0.3, 0.4) is 0 Å². The minimum atomic E-state index is -2.86. The first-order valence-corrected chi connectivity index (χ1v) is 13.5. The van der Waals surface area contributed by atoms with E-state index < -0.39 is 28.7 Å². The molecule has 2 heterocycles. The average molecular weight is 546 g/mol. The van der Waals surface area contributed by atoms with Crippen LogP contribution in [0.1, 0.15) is 28.3 Å². The summed E-state index contributed by atoms with van der Waals surface area (Å²) in [7, 11) is 0. The third-order valence-corrected chi connectivity index (χ3v) is 8.91. The maximum atomic E-state index is 13.3. The van der Waals surface area contributed by atoms with E-state index in [1.807, 2.05) is 12.1 Å². The molecule has 1 aliphatic carbocycles. The van der Waals surface area contributed by atoms with Gasteiger partial charge in [-0.25, -0.2) is 4.79 Å². The molecular formula is C25H22ClN2O6S2-. The highest BCUT2D eigenvalue weighted by Crippen LogP contribution is 2.59. The standard InChI is InChI=1S/C25H23ClN2O6S2/c26-17-7-5-16(6-8-17)21-9-10-22(35-21)28(36(32)33)25(24(30)31)15-20(25)18-3-1-2-4-19(18)23(29)27-11-13-34-14-12-27/h1-10,20H,11-15H2,(H,30,31)(H,32,33)/p-1. The van der Waals surface area contributed by atoms with Gasteiger partial charge in [-0.3, -0.25) is 13.3 Å². The molecule has 11 heteroatoms. The number of carboxylic acids is 1. The van der Waals surface area contributed by atoms with Crippen LogP contribution < -0.4 is 4.31 Å². The fourth-order valence-electron chi connectivity index (χ4n) is 4.71. The SMILES string of the molecule is O=C(c1ccccc1C1CC1(C(=O)O)N(c1ccc(-c2ccc(Cl)cc2)s1)S(=O)[O-])N1CCOCC1. The first-order valence-electron chi connectivity index (χ1n) is 11.3. The second-order valence-electron chi connectivity index (χ2n) is 8.63. The van der Waals surface area contributed by atoms with Gasteiger partial charge in [0, 0.05) is 45.7 Å². The van der Waals surface area contributed by atoms with Crippen LogP contribution in [0, 0.1) is 0 Å². The molecule has 3 unspecified atom stereocenters. The maximum Gasteiger partial charge on any atom is 0.331 e. The molecule has 1 aromatic heterocycles. The van der Waals surface area contributed by atoms with Crippen molar-refractivity contribution in [2.24, 2.45) is 0 Å². The number of benzene rings is 2. The zero-order valence-corrected chi connectivity index (χ0v) is 21.4. The highest BCUT2D eigenvalue weighted by atomic mass is 35.5. The van der Waals surface area contributed by atoms with Crippen molar-refractivity contribution in [2.45, 2.75) is 17.9 Å². The third kappa shape index (κ3) is 4.44. The Kier molecular flexibility index (Phi) is 6.88. The van der Waals surface area contributed by atoms with Crippen molar-refractivity contribution in [3.63, 3.8) is 0 Å². The monoisotopic (exact) mass is 545 g/mol. The van der Waals surface area contributed by atoms with Gasteiger partial charge in [0.25, 0.3) is 5.91 Å². The molecule has 2 aromatic carbocycles. The molecule has 0 spiro atoms. The fraction of sp³-hybridized carbons (Fsp3) is 0.280. The minimum absolute atomic E-state index is 0.0535. The van der Waals surface area contributed by atoms with Gasteiger partial charge in [-0.1, -0.05) is 41.9 Å². The number of halogens is 1. The number of hydrogen-bond donors (Lipinski definition) is 1. The van der Waals surface area contributed by atoms with E-state index in [0.717, 1.165) is 14.7 Å².